The molecule has 0 bridgehead atoms. The van der Waals surface area contributed by atoms with E-state index in [1.807, 2.05) is 6.92 Å². The van der Waals surface area contributed by atoms with Crippen LogP contribution in [0.15, 0.2) is 51.7 Å². The Morgan fingerprint density at radius 3 is 2.78 bits per heavy atom. The molecule has 2 aromatic carbocycles. The second-order valence-corrected chi connectivity index (χ2v) is 6.36. The quantitative estimate of drug-likeness (QED) is 0.649. The summed E-state index contributed by atoms with van der Waals surface area (Å²) in [5.41, 5.74) is 2.00. The second kappa shape index (κ2) is 6.75. The third-order valence-corrected chi connectivity index (χ3v) is 4.55. The van der Waals surface area contributed by atoms with Crippen molar-refractivity contribution in [1.29, 1.82) is 0 Å². The van der Waals surface area contributed by atoms with Crippen LogP contribution < -0.4 is 15.4 Å². The molecule has 1 aliphatic rings. The summed E-state index contributed by atoms with van der Waals surface area (Å²) >= 11 is 0. The maximum absolute atomic E-state index is 12.8. The Bertz CT molecular complexity index is 1100. The number of fused-ring (bicyclic) bond motifs is 2. The second-order valence-electron chi connectivity index (χ2n) is 6.36. The molecule has 1 amide bonds. The smallest absolute Gasteiger partial charge is 0.420 e. The fourth-order valence-electron chi connectivity index (χ4n) is 3.24. The first-order chi connectivity index (χ1) is 13.1. The highest BCUT2D eigenvalue weighted by Crippen LogP contribution is 2.33. The molecular formula is C20H18N2O5. The third kappa shape index (κ3) is 3.01. The van der Waals surface area contributed by atoms with Gasteiger partial charge in [0.1, 0.15) is 5.75 Å². The number of carbonyl (C=O) groups excluding carboxylic acids is 2. The molecule has 0 saturated carbocycles. The van der Waals surface area contributed by atoms with E-state index in [2.05, 4.69) is 0 Å². The maximum atomic E-state index is 12.8. The lowest BCUT2D eigenvalue weighted by molar-refractivity contribution is -0.121. The summed E-state index contributed by atoms with van der Waals surface area (Å²) in [6.45, 7) is 2.39. The molecule has 0 unspecified atom stereocenters. The minimum absolute atomic E-state index is 0.00328. The van der Waals surface area contributed by atoms with Gasteiger partial charge in [-0.05, 0) is 36.8 Å². The van der Waals surface area contributed by atoms with Crippen LogP contribution >= 0.6 is 0 Å². The maximum Gasteiger partial charge on any atom is 0.420 e. The van der Waals surface area contributed by atoms with Crippen LogP contribution in [-0.2, 0) is 11.3 Å². The van der Waals surface area contributed by atoms with E-state index in [0.717, 1.165) is 6.42 Å². The monoisotopic (exact) mass is 366 g/mol. The highest BCUT2D eigenvalue weighted by molar-refractivity contribution is 6.02. The number of hydrogen-bond acceptors (Lipinski definition) is 5. The first-order valence-electron chi connectivity index (χ1n) is 8.77. The van der Waals surface area contributed by atoms with E-state index in [1.165, 1.54) is 4.57 Å². The van der Waals surface area contributed by atoms with Gasteiger partial charge in [0.25, 0.3) is 5.91 Å². The van der Waals surface area contributed by atoms with Gasteiger partial charge in [-0.2, -0.15) is 0 Å². The van der Waals surface area contributed by atoms with Crippen LogP contribution in [0.5, 0.6) is 5.75 Å². The summed E-state index contributed by atoms with van der Waals surface area (Å²) in [5, 5.41) is 0. The topological polar surface area (TPSA) is 81.8 Å². The number of oxazole rings is 1. The first kappa shape index (κ1) is 17.1. The Morgan fingerprint density at radius 2 is 1.96 bits per heavy atom. The summed E-state index contributed by atoms with van der Waals surface area (Å²) < 4.78 is 11.9. The van der Waals surface area contributed by atoms with Crippen molar-refractivity contribution in [2.45, 2.75) is 19.9 Å². The Balaban J connectivity index is 1.67. The molecule has 7 heteroatoms. The molecule has 0 aliphatic carbocycles. The predicted molar refractivity (Wildman–Crippen MR) is 99.4 cm³/mol. The molecule has 138 valence electrons. The molecule has 0 fully saturated rings. The number of Topliss-reactive ketones (excluding diaryl/α,β-unsaturated/α-hetero) is 1. The van der Waals surface area contributed by atoms with Gasteiger partial charge in [0.2, 0.25) is 0 Å². The van der Waals surface area contributed by atoms with E-state index in [-0.39, 0.29) is 24.8 Å². The van der Waals surface area contributed by atoms with Gasteiger partial charge in [-0.1, -0.05) is 19.1 Å². The average Bonchev–Trinajstić information content (AvgIpc) is 2.99. The number of ketones is 1. The largest absolute Gasteiger partial charge is 0.482 e. The Kier molecular flexibility index (Phi) is 4.27. The predicted octanol–water partition coefficient (Wildman–Crippen LogP) is 2.61. The molecule has 7 nitrogen and oxygen atoms in total. The van der Waals surface area contributed by atoms with Crippen molar-refractivity contribution in [3.05, 3.63) is 58.6 Å². The van der Waals surface area contributed by atoms with Gasteiger partial charge in [-0.15, -0.1) is 0 Å². The van der Waals surface area contributed by atoms with Crippen molar-refractivity contribution in [2.24, 2.45) is 0 Å². The van der Waals surface area contributed by atoms with Crippen LogP contribution in [0.25, 0.3) is 11.1 Å². The number of rotatable bonds is 5. The lowest BCUT2D eigenvalue weighted by atomic mass is 10.1. The number of hydrogen-bond donors (Lipinski definition) is 0. The molecule has 0 radical (unpaired) electrons. The van der Waals surface area contributed by atoms with Crippen molar-refractivity contribution in [2.75, 3.05) is 18.1 Å². The Morgan fingerprint density at radius 1 is 1.15 bits per heavy atom. The van der Waals surface area contributed by atoms with E-state index < -0.39 is 5.76 Å². The zero-order chi connectivity index (χ0) is 19.0. The zero-order valence-electron chi connectivity index (χ0n) is 14.8. The summed E-state index contributed by atoms with van der Waals surface area (Å²) in [7, 11) is 0. The van der Waals surface area contributed by atoms with Crippen molar-refractivity contribution >= 4 is 28.5 Å². The van der Waals surface area contributed by atoms with Crippen molar-refractivity contribution in [3.8, 4) is 5.75 Å². The van der Waals surface area contributed by atoms with Gasteiger partial charge >= 0.3 is 5.76 Å². The van der Waals surface area contributed by atoms with Crippen molar-refractivity contribution < 1.29 is 18.7 Å². The van der Waals surface area contributed by atoms with E-state index in [0.29, 0.717) is 34.6 Å². The van der Waals surface area contributed by atoms with Gasteiger partial charge in [0, 0.05) is 12.1 Å². The molecule has 2 heterocycles. The highest BCUT2D eigenvalue weighted by atomic mass is 16.5. The van der Waals surface area contributed by atoms with E-state index in [4.69, 9.17) is 9.15 Å². The number of amides is 1. The minimum Gasteiger partial charge on any atom is -0.482 e. The van der Waals surface area contributed by atoms with Gasteiger partial charge in [-0.3, -0.25) is 14.2 Å². The molecule has 4 rings (SSSR count). The van der Waals surface area contributed by atoms with Crippen LogP contribution in [0.4, 0.5) is 5.69 Å². The average molecular weight is 366 g/mol. The van der Waals surface area contributed by atoms with Gasteiger partial charge < -0.3 is 14.1 Å². The van der Waals surface area contributed by atoms with Gasteiger partial charge in [0.05, 0.1) is 17.7 Å². The summed E-state index contributed by atoms with van der Waals surface area (Å²) in [4.78, 5) is 38.7. The van der Waals surface area contributed by atoms with Crippen LogP contribution in [0, 0.1) is 0 Å². The van der Waals surface area contributed by atoms with E-state index in [9.17, 15) is 14.4 Å². The standard InChI is InChI=1S/C20H18N2O5/c1-2-9-21-15-10-13(7-8-17(15)26-12-19(21)24)16(23)11-22-14-5-3-4-6-18(14)27-20(22)25/h3-8,10H,2,9,11-12H2,1H3. The lowest BCUT2D eigenvalue weighted by Gasteiger charge is -2.29. The molecule has 0 saturated heterocycles. The van der Waals surface area contributed by atoms with Crippen LogP contribution in [0.3, 0.4) is 0 Å². The first-order valence-corrected chi connectivity index (χ1v) is 8.77. The molecule has 0 N–H and O–H groups in total. The Labute approximate surface area is 154 Å². The summed E-state index contributed by atoms with van der Waals surface area (Å²) in [5.74, 6) is -0.383. The number of para-hydroxylation sites is 2. The molecule has 1 aliphatic heterocycles. The van der Waals surface area contributed by atoms with Crippen LogP contribution in [0.1, 0.15) is 23.7 Å². The van der Waals surface area contributed by atoms with E-state index in [1.54, 1.807) is 47.4 Å². The van der Waals surface area contributed by atoms with E-state index >= 15 is 0 Å². The summed E-state index contributed by atoms with van der Waals surface area (Å²) in [6, 6.07) is 11.9. The molecule has 0 atom stereocenters. The fourth-order valence-corrected chi connectivity index (χ4v) is 3.24. The van der Waals surface area contributed by atoms with Gasteiger partial charge in [0.15, 0.2) is 18.0 Å². The third-order valence-electron chi connectivity index (χ3n) is 4.55. The van der Waals surface area contributed by atoms with Crippen molar-refractivity contribution in [3.63, 3.8) is 0 Å². The molecule has 3 aromatic rings. The molecule has 0 spiro atoms. The highest BCUT2D eigenvalue weighted by Gasteiger charge is 2.26. The Hall–Kier alpha value is -3.35. The number of carbonyl (C=O) groups is 2. The van der Waals surface area contributed by atoms with Crippen molar-refractivity contribution in [1.82, 2.24) is 4.57 Å². The minimum atomic E-state index is -0.575. The van der Waals surface area contributed by atoms with Crippen LogP contribution in [-0.4, -0.2) is 29.4 Å². The van der Waals surface area contributed by atoms with Crippen LogP contribution in [0.2, 0.25) is 0 Å². The zero-order valence-corrected chi connectivity index (χ0v) is 14.8. The number of aromatic nitrogens is 1. The SMILES string of the molecule is CCCN1C(=O)COc2ccc(C(=O)Cn3c(=O)oc4ccccc43)cc21. The molecule has 1 aromatic heterocycles. The number of anilines is 1. The van der Waals surface area contributed by atoms with Gasteiger partial charge in [-0.25, -0.2) is 4.79 Å². The lowest BCUT2D eigenvalue weighted by Crippen LogP contribution is -2.39. The normalized spacial score (nSPS) is 13.5. The number of benzene rings is 2. The fraction of sp³-hybridized carbons (Fsp3) is 0.250. The number of ether oxygens (including phenoxy) is 1. The molecule has 27 heavy (non-hydrogen) atoms. The summed E-state index contributed by atoms with van der Waals surface area (Å²) in [6.07, 6.45) is 0.791. The number of nitrogens with zero attached hydrogens (tertiary/aromatic N) is 2. The molecular weight excluding hydrogens is 348 g/mol.